The van der Waals surface area contributed by atoms with Gasteiger partial charge < -0.3 is 0 Å². The van der Waals surface area contributed by atoms with Crippen LogP contribution >= 0.6 is 0 Å². The lowest BCUT2D eigenvalue weighted by molar-refractivity contribution is 0.147. The molecule has 0 unspecified atom stereocenters. The van der Waals surface area contributed by atoms with E-state index in [9.17, 15) is 17.6 Å². The number of hydrogen-bond acceptors (Lipinski definition) is 0. The van der Waals surface area contributed by atoms with E-state index in [1.54, 1.807) is 32.0 Å². The third kappa shape index (κ3) is 10.1. The summed E-state index contributed by atoms with van der Waals surface area (Å²) in [6.45, 7) is 8.02. The molecule has 0 aromatic heterocycles. The number of aryl methyl sites for hydroxylation is 3. The van der Waals surface area contributed by atoms with Crippen LogP contribution in [0.1, 0.15) is 164 Å². The van der Waals surface area contributed by atoms with Crippen molar-refractivity contribution in [3.63, 3.8) is 0 Å². The molecule has 0 atom stereocenters. The second-order valence-corrected chi connectivity index (χ2v) is 17.0. The van der Waals surface area contributed by atoms with Crippen LogP contribution in [0.4, 0.5) is 17.6 Å². The maximum atomic E-state index is 14.2. The van der Waals surface area contributed by atoms with Crippen molar-refractivity contribution < 1.29 is 17.6 Å². The predicted octanol–water partition coefficient (Wildman–Crippen LogP) is 14.0. The van der Waals surface area contributed by atoms with Gasteiger partial charge in [0.1, 0.15) is 0 Å². The summed E-state index contributed by atoms with van der Waals surface area (Å²) in [5.74, 6) is 3.89. The Morgan fingerprint density at radius 2 is 0.875 bits per heavy atom. The summed E-state index contributed by atoms with van der Waals surface area (Å²) in [4.78, 5) is 0. The summed E-state index contributed by atoms with van der Waals surface area (Å²) in [7, 11) is 0. The minimum atomic E-state index is -0.664. The molecule has 0 radical (unpaired) electrons. The molecule has 0 aliphatic heterocycles. The molecule has 4 aliphatic rings. The second kappa shape index (κ2) is 17.9. The van der Waals surface area contributed by atoms with Crippen LogP contribution < -0.4 is 0 Å². The molecule has 6 rings (SSSR count). The Labute approximate surface area is 290 Å². The van der Waals surface area contributed by atoms with E-state index in [-0.39, 0.29) is 5.92 Å². The van der Waals surface area contributed by atoms with Crippen molar-refractivity contribution in [2.75, 3.05) is 0 Å². The lowest BCUT2D eigenvalue weighted by Crippen LogP contribution is -2.25. The molecular weight excluding hydrogens is 604 g/mol. The van der Waals surface area contributed by atoms with Crippen molar-refractivity contribution in [1.82, 2.24) is 0 Å². The minimum absolute atomic E-state index is 0.215. The third-order valence-electron chi connectivity index (χ3n) is 13.5. The lowest BCUT2D eigenvalue weighted by Gasteiger charge is -2.37. The monoisotopic (exact) mass is 668 g/mol. The van der Waals surface area contributed by atoms with Gasteiger partial charge in [0.2, 0.25) is 0 Å². The molecule has 0 nitrogen and oxygen atoms in total. The highest BCUT2D eigenvalue weighted by Gasteiger charge is 2.30. The van der Waals surface area contributed by atoms with Crippen molar-refractivity contribution >= 4 is 0 Å². The van der Waals surface area contributed by atoms with Crippen LogP contribution in [-0.2, 0) is 6.42 Å². The smallest absolute Gasteiger partial charge is 0.162 e. The van der Waals surface area contributed by atoms with Gasteiger partial charge in [0.15, 0.2) is 23.3 Å². The average Bonchev–Trinajstić information content (AvgIpc) is 3.10. The van der Waals surface area contributed by atoms with E-state index in [1.807, 2.05) is 6.07 Å². The first-order valence-electron chi connectivity index (χ1n) is 20.0. The second-order valence-electron chi connectivity index (χ2n) is 17.0. The van der Waals surface area contributed by atoms with Gasteiger partial charge in [-0.25, -0.2) is 17.6 Å². The van der Waals surface area contributed by atoms with Gasteiger partial charge in [-0.3, -0.25) is 0 Å². The lowest BCUT2D eigenvalue weighted by atomic mass is 9.69. The zero-order valence-corrected chi connectivity index (χ0v) is 30.6. The van der Waals surface area contributed by atoms with Crippen LogP contribution in [0.25, 0.3) is 0 Å². The average molecular weight is 669 g/mol. The molecule has 268 valence electrons. The van der Waals surface area contributed by atoms with Crippen molar-refractivity contribution in [3.8, 4) is 0 Å². The largest absolute Gasteiger partial charge is 0.203 e. The van der Waals surface area contributed by atoms with E-state index < -0.39 is 23.3 Å². The van der Waals surface area contributed by atoms with Gasteiger partial charge >= 0.3 is 0 Å². The summed E-state index contributed by atoms with van der Waals surface area (Å²) in [6.07, 6.45) is 25.5. The SMILES string of the molecule is Cc1ccc(C2CCC(CCC3CCC(C)CC3)CC2)c(F)c1F.Cc1ccc(CCC2CCC(C3CCC(C)CC3)CC2)c(F)c1F. The number of halogens is 4. The first kappa shape index (κ1) is 37.4. The fraction of sp³-hybridized carbons (Fsp3) is 0.727. The topological polar surface area (TPSA) is 0 Å². The fourth-order valence-corrected chi connectivity index (χ4v) is 9.77. The van der Waals surface area contributed by atoms with Crippen LogP contribution in [0.15, 0.2) is 24.3 Å². The standard InChI is InChI=1S/2C22H32F2/c1-15-3-9-18(10-4-15)19-12-6-17(7-13-19)8-14-20-11-5-16(2)21(23)22(20)24;1-15-3-6-17(7-4-15)8-9-18-10-12-19(13-11-18)20-14-5-16(2)21(23)22(20)24/h5,11,15,17-19H,3-4,6-10,12-14H2,1-2H3;5,14-15,17-19H,3-4,6-13H2,1-2H3. The first-order valence-corrected chi connectivity index (χ1v) is 20.0. The van der Waals surface area contributed by atoms with Crippen molar-refractivity contribution in [2.45, 2.75) is 162 Å². The number of benzene rings is 2. The molecule has 0 amide bonds. The highest BCUT2D eigenvalue weighted by molar-refractivity contribution is 5.28. The molecule has 48 heavy (non-hydrogen) atoms. The van der Waals surface area contributed by atoms with Gasteiger partial charge in [0.05, 0.1) is 0 Å². The molecule has 4 heteroatoms. The minimum Gasteiger partial charge on any atom is -0.203 e. The summed E-state index contributed by atoms with van der Waals surface area (Å²) in [5.41, 5.74) is 1.98. The van der Waals surface area contributed by atoms with Crippen molar-refractivity contribution in [2.24, 2.45) is 41.4 Å². The number of hydrogen-bond donors (Lipinski definition) is 0. The molecule has 2 aromatic carbocycles. The molecule has 4 fully saturated rings. The molecule has 2 aromatic rings. The Hall–Kier alpha value is -1.84. The molecule has 0 saturated heterocycles. The van der Waals surface area contributed by atoms with Gasteiger partial charge in [-0.05, 0) is 148 Å². The Kier molecular flexibility index (Phi) is 13.9. The van der Waals surface area contributed by atoms with Gasteiger partial charge in [-0.1, -0.05) is 102 Å². The van der Waals surface area contributed by atoms with Gasteiger partial charge in [0.25, 0.3) is 0 Å². The Morgan fingerprint density at radius 1 is 0.458 bits per heavy atom. The van der Waals surface area contributed by atoms with E-state index in [0.717, 1.165) is 54.8 Å². The highest BCUT2D eigenvalue weighted by Crippen LogP contribution is 2.43. The molecule has 0 heterocycles. The zero-order chi connectivity index (χ0) is 34.2. The van der Waals surface area contributed by atoms with Crippen LogP contribution in [0.5, 0.6) is 0 Å². The fourth-order valence-electron chi connectivity index (χ4n) is 9.77. The van der Waals surface area contributed by atoms with E-state index in [0.29, 0.717) is 34.6 Å². The van der Waals surface area contributed by atoms with Gasteiger partial charge in [0, 0.05) is 0 Å². The van der Waals surface area contributed by atoms with Crippen molar-refractivity contribution in [1.29, 1.82) is 0 Å². The summed E-state index contributed by atoms with van der Waals surface area (Å²) < 4.78 is 55.6. The maximum Gasteiger partial charge on any atom is 0.162 e. The first-order chi connectivity index (χ1) is 23.1. The van der Waals surface area contributed by atoms with Gasteiger partial charge in [-0.15, -0.1) is 0 Å². The van der Waals surface area contributed by atoms with E-state index in [4.69, 9.17) is 0 Å². The Balaban J connectivity index is 0.000000188. The molecule has 0 spiro atoms. The molecule has 4 aliphatic carbocycles. The quantitative estimate of drug-likeness (QED) is 0.246. The zero-order valence-electron chi connectivity index (χ0n) is 30.6. The van der Waals surface area contributed by atoms with Crippen LogP contribution in [0.3, 0.4) is 0 Å². The van der Waals surface area contributed by atoms with Gasteiger partial charge in [-0.2, -0.15) is 0 Å². The predicted molar refractivity (Wildman–Crippen MR) is 192 cm³/mol. The summed E-state index contributed by atoms with van der Waals surface area (Å²) in [5, 5.41) is 0. The molecular formula is C44H64F4. The van der Waals surface area contributed by atoms with Crippen LogP contribution in [-0.4, -0.2) is 0 Å². The Morgan fingerprint density at radius 3 is 1.44 bits per heavy atom. The summed E-state index contributed by atoms with van der Waals surface area (Å²) in [6, 6.07) is 7.00. The highest BCUT2D eigenvalue weighted by atomic mass is 19.2. The third-order valence-corrected chi connectivity index (χ3v) is 13.5. The van der Waals surface area contributed by atoms with E-state index in [1.165, 1.54) is 103 Å². The summed E-state index contributed by atoms with van der Waals surface area (Å²) >= 11 is 0. The van der Waals surface area contributed by atoms with E-state index in [2.05, 4.69) is 13.8 Å². The maximum absolute atomic E-state index is 14.2. The van der Waals surface area contributed by atoms with Crippen LogP contribution in [0.2, 0.25) is 0 Å². The van der Waals surface area contributed by atoms with E-state index >= 15 is 0 Å². The molecule has 0 N–H and O–H groups in total. The normalized spacial score (nSPS) is 31.2. The molecule has 4 saturated carbocycles. The van der Waals surface area contributed by atoms with Crippen LogP contribution in [0, 0.1) is 78.5 Å². The number of rotatable bonds is 8. The van der Waals surface area contributed by atoms with Crippen molar-refractivity contribution in [3.05, 3.63) is 69.8 Å². The Bertz CT molecular complexity index is 1270. The molecule has 0 bridgehead atoms.